The summed E-state index contributed by atoms with van der Waals surface area (Å²) in [6.45, 7) is 3.62. The fraction of sp³-hybridized carbons (Fsp3) is 0.636. The Labute approximate surface area is 109 Å². The molecule has 0 bridgehead atoms. The molecule has 1 aromatic rings. The highest BCUT2D eigenvalue weighted by atomic mass is 35.5. The molecule has 0 amide bonds. The zero-order chi connectivity index (χ0) is 12.7. The molecule has 1 aromatic heterocycles. The van der Waals surface area contributed by atoms with Gasteiger partial charge in [0.2, 0.25) is 5.28 Å². The predicted octanol–water partition coefficient (Wildman–Crippen LogP) is 0.608. The average molecular weight is 272 g/mol. The fourth-order valence-corrected chi connectivity index (χ4v) is 2.65. The number of morpholine rings is 1. The van der Waals surface area contributed by atoms with Crippen molar-refractivity contribution in [1.29, 1.82) is 0 Å². The number of rotatable bonds is 1. The van der Waals surface area contributed by atoms with Gasteiger partial charge in [-0.15, -0.1) is 0 Å². The summed E-state index contributed by atoms with van der Waals surface area (Å²) in [4.78, 5) is 10.4. The lowest BCUT2D eigenvalue weighted by molar-refractivity contribution is 0.0480. The summed E-state index contributed by atoms with van der Waals surface area (Å²) in [6.07, 6.45) is 0. The van der Waals surface area contributed by atoms with E-state index in [9.17, 15) is 5.11 Å². The van der Waals surface area contributed by atoms with Crippen LogP contribution in [0, 0.1) is 0 Å². The number of aromatic nitrogens is 2. The van der Waals surface area contributed by atoms with Crippen LogP contribution in [0.3, 0.4) is 0 Å². The summed E-state index contributed by atoms with van der Waals surface area (Å²) >= 11 is 5.89. The molecule has 98 valence electrons. The third kappa shape index (κ3) is 1.81. The molecule has 2 atom stereocenters. The fourth-order valence-electron chi connectivity index (χ4n) is 2.47. The molecule has 0 aliphatic carbocycles. The molecule has 2 aliphatic rings. The summed E-state index contributed by atoms with van der Waals surface area (Å²) in [6, 6.07) is 0.336. The second kappa shape index (κ2) is 4.53. The van der Waals surface area contributed by atoms with Gasteiger partial charge in [0.15, 0.2) is 11.6 Å². The lowest BCUT2D eigenvalue weighted by Crippen LogP contribution is -2.56. The molecule has 0 radical (unpaired) electrons. The van der Waals surface area contributed by atoms with Crippen LogP contribution in [0.1, 0.15) is 12.6 Å². The molecule has 1 fully saturated rings. The van der Waals surface area contributed by atoms with E-state index in [2.05, 4.69) is 21.8 Å². The van der Waals surface area contributed by atoms with Gasteiger partial charge in [-0.25, -0.2) is 4.98 Å². The van der Waals surface area contributed by atoms with Gasteiger partial charge in [0, 0.05) is 0 Å². The van der Waals surface area contributed by atoms with E-state index in [-0.39, 0.29) is 24.0 Å². The van der Waals surface area contributed by atoms with Crippen molar-refractivity contribution in [1.82, 2.24) is 9.97 Å². The lowest BCUT2D eigenvalue weighted by atomic mass is 10.1. The number of hydrogen-bond acceptors (Lipinski definition) is 6. The zero-order valence-corrected chi connectivity index (χ0v) is 10.7. The van der Waals surface area contributed by atoms with Gasteiger partial charge in [-0.1, -0.05) is 0 Å². The Bertz CT molecular complexity index is 471. The molecular formula is C11H14ClN3O3. The van der Waals surface area contributed by atoms with Crippen LogP contribution in [-0.2, 0) is 11.3 Å². The number of ether oxygens (including phenoxy) is 2. The van der Waals surface area contributed by atoms with E-state index in [1.807, 2.05) is 0 Å². The summed E-state index contributed by atoms with van der Waals surface area (Å²) in [7, 11) is 0. The minimum atomic E-state index is -0.214. The van der Waals surface area contributed by atoms with Crippen molar-refractivity contribution in [2.75, 3.05) is 24.7 Å². The molecule has 1 saturated heterocycles. The molecule has 18 heavy (non-hydrogen) atoms. The van der Waals surface area contributed by atoms with Crippen molar-refractivity contribution in [2.24, 2.45) is 0 Å². The highest BCUT2D eigenvalue weighted by Gasteiger charge is 2.37. The average Bonchev–Trinajstić information content (AvgIpc) is 2.37. The van der Waals surface area contributed by atoms with Gasteiger partial charge in [-0.05, 0) is 18.5 Å². The first-order valence-corrected chi connectivity index (χ1v) is 6.24. The van der Waals surface area contributed by atoms with Crippen LogP contribution in [0.25, 0.3) is 0 Å². The summed E-state index contributed by atoms with van der Waals surface area (Å²) in [5, 5.41) is 9.43. The van der Waals surface area contributed by atoms with E-state index in [1.165, 1.54) is 0 Å². The largest absolute Gasteiger partial charge is 0.486 e. The SMILES string of the molecule is C[C@H]1COC[C@@H]2COc3c(CO)nc(Cl)nc3N21. The number of halogens is 1. The molecule has 0 saturated carbocycles. The second-order valence-electron chi connectivity index (χ2n) is 4.51. The van der Waals surface area contributed by atoms with Gasteiger partial charge in [0.25, 0.3) is 0 Å². The van der Waals surface area contributed by atoms with Crippen molar-refractivity contribution < 1.29 is 14.6 Å². The van der Waals surface area contributed by atoms with E-state index < -0.39 is 0 Å². The van der Waals surface area contributed by atoms with Crippen molar-refractivity contribution in [3.8, 4) is 5.75 Å². The Hall–Kier alpha value is -1.11. The van der Waals surface area contributed by atoms with Crippen molar-refractivity contribution in [3.63, 3.8) is 0 Å². The van der Waals surface area contributed by atoms with E-state index in [0.717, 1.165) is 0 Å². The van der Waals surface area contributed by atoms with Crippen LogP contribution in [0.5, 0.6) is 5.75 Å². The lowest BCUT2D eigenvalue weighted by Gasteiger charge is -2.44. The number of aliphatic hydroxyl groups excluding tert-OH is 1. The first-order valence-electron chi connectivity index (χ1n) is 5.87. The highest BCUT2D eigenvalue weighted by molar-refractivity contribution is 6.28. The molecule has 7 heteroatoms. The van der Waals surface area contributed by atoms with Gasteiger partial charge in [0.05, 0.1) is 31.9 Å². The molecule has 6 nitrogen and oxygen atoms in total. The van der Waals surface area contributed by atoms with Crippen molar-refractivity contribution in [3.05, 3.63) is 11.0 Å². The zero-order valence-electron chi connectivity index (χ0n) is 9.97. The van der Waals surface area contributed by atoms with Crippen LogP contribution in [0.2, 0.25) is 5.28 Å². The summed E-state index contributed by atoms with van der Waals surface area (Å²) in [5.41, 5.74) is 0.433. The van der Waals surface area contributed by atoms with Gasteiger partial charge in [0.1, 0.15) is 12.3 Å². The molecule has 3 rings (SSSR count). The Balaban J connectivity index is 2.09. The van der Waals surface area contributed by atoms with E-state index >= 15 is 0 Å². The Morgan fingerprint density at radius 2 is 2.22 bits per heavy atom. The first kappa shape index (κ1) is 12.0. The Kier molecular flexibility index (Phi) is 3.01. The van der Waals surface area contributed by atoms with Gasteiger partial charge >= 0.3 is 0 Å². The van der Waals surface area contributed by atoms with Crippen LogP contribution in [0.15, 0.2) is 0 Å². The standard InChI is InChI=1S/C11H14ClN3O3/c1-6-3-17-4-7-5-18-9-8(2-16)13-11(12)14-10(9)15(6)7/h6-7,16H,2-5H2,1H3/t6-,7+/m0/s1. The maximum atomic E-state index is 9.31. The number of fused-ring (bicyclic) bond motifs is 3. The quantitative estimate of drug-likeness (QED) is 0.755. The van der Waals surface area contributed by atoms with E-state index in [4.69, 9.17) is 21.1 Å². The van der Waals surface area contributed by atoms with Gasteiger partial charge in [-0.3, -0.25) is 0 Å². The maximum absolute atomic E-state index is 9.31. The predicted molar refractivity (Wildman–Crippen MR) is 65.0 cm³/mol. The molecule has 0 aromatic carbocycles. The third-order valence-electron chi connectivity index (χ3n) is 3.24. The number of nitrogens with zero attached hydrogens (tertiary/aromatic N) is 3. The number of anilines is 1. The molecule has 0 unspecified atom stereocenters. The van der Waals surface area contributed by atoms with Crippen LogP contribution < -0.4 is 9.64 Å². The third-order valence-corrected chi connectivity index (χ3v) is 3.41. The summed E-state index contributed by atoms with van der Waals surface area (Å²) < 4.78 is 11.2. The Morgan fingerprint density at radius 1 is 1.39 bits per heavy atom. The Morgan fingerprint density at radius 3 is 3.00 bits per heavy atom. The maximum Gasteiger partial charge on any atom is 0.224 e. The van der Waals surface area contributed by atoms with Crippen molar-refractivity contribution >= 4 is 17.4 Å². The van der Waals surface area contributed by atoms with Gasteiger partial charge < -0.3 is 19.5 Å². The van der Waals surface area contributed by atoms with E-state index in [1.54, 1.807) is 0 Å². The minimum Gasteiger partial charge on any atom is -0.486 e. The van der Waals surface area contributed by atoms with E-state index in [0.29, 0.717) is 37.1 Å². The monoisotopic (exact) mass is 271 g/mol. The molecule has 3 heterocycles. The van der Waals surface area contributed by atoms with Crippen LogP contribution in [0.4, 0.5) is 5.82 Å². The molecule has 2 aliphatic heterocycles. The second-order valence-corrected chi connectivity index (χ2v) is 4.85. The topological polar surface area (TPSA) is 67.7 Å². The van der Waals surface area contributed by atoms with Crippen LogP contribution >= 0.6 is 11.6 Å². The minimum absolute atomic E-state index is 0.126. The normalized spacial score (nSPS) is 26.3. The smallest absolute Gasteiger partial charge is 0.224 e. The van der Waals surface area contributed by atoms with Crippen molar-refractivity contribution in [2.45, 2.75) is 25.6 Å². The molecule has 0 spiro atoms. The van der Waals surface area contributed by atoms with Gasteiger partial charge in [-0.2, -0.15) is 4.98 Å². The van der Waals surface area contributed by atoms with Crippen LogP contribution in [-0.4, -0.2) is 47.0 Å². The number of aliphatic hydroxyl groups is 1. The highest BCUT2D eigenvalue weighted by Crippen LogP contribution is 2.37. The molecular weight excluding hydrogens is 258 g/mol. The molecule has 1 N–H and O–H groups in total. The first-order chi connectivity index (χ1) is 8.70. The number of hydrogen-bond donors (Lipinski definition) is 1. The summed E-state index contributed by atoms with van der Waals surface area (Å²) in [5.74, 6) is 1.19.